The molecule has 6 heteroatoms. The monoisotopic (exact) mass is 425 g/mol. The van der Waals surface area contributed by atoms with Crippen molar-refractivity contribution >= 4 is 16.6 Å². The molecule has 2 aromatic carbocycles. The standard InChI is InChI=1S/C25H29F2N3O/c1-14(2)9-17-13-29-23-8-3-15(16-11-21(26)25(31)22(27)12-16)10-20(23)24(17)30-19-6-4-18(28)5-7-19/h3,8,10-14,18-19,31H,4-7,9,28H2,1-2H3,(H,29,30)/t18-,19-. The zero-order valence-corrected chi connectivity index (χ0v) is 18.0. The first-order valence-electron chi connectivity index (χ1n) is 10.9. The van der Waals surface area contributed by atoms with Gasteiger partial charge >= 0.3 is 0 Å². The van der Waals surface area contributed by atoms with E-state index in [1.807, 2.05) is 18.3 Å². The highest BCUT2D eigenvalue weighted by Gasteiger charge is 2.21. The van der Waals surface area contributed by atoms with Gasteiger partial charge in [-0.15, -0.1) is 0 Å². The summed E-state index contributed by atoms with van der Waals surface area (Å²) in [4.78, 5) is 4.64. The first-order chi connectivity index (χ1) is 14.8. The lowest BCUT2D eigenvalue weighted by Gasteiger charge is -2.29. The third kappa shape index (κ3) is 4.64. The van der Waals surface area contributed by atoms with Gasteiger partial charge in [0.05, 0.1) is 5.52 Å². The summed E-state index contributed by atoms with van der Waals surface area (Å²) in [5, 5.41) is 14.1. The van der Waals surface area contributed by atoms with Crippen LogP contribution in [0.2, 0.25) is 0 Å². The van der Waals surface area contributed by atoms with E-state index < -0.39 is 17.4 Å². The molecular weight excluding hydrogens is 396 g/mol. The number of nitrogens with two attached hydrogens (primary N) is 1. The van der Waals surface area contributed by atoms with Crippen LogP contribution in [0.5, 0.6) is 5.75 Å². The Kier molecular flexibility index (Phi) is 6.10. The van der Waals surface area contributed by atoms with Gasteiger partial charge in [-0.3, -0.25) is 4.98 Å². The average Bonchev–Trinajstić information content (AvgIpc) is 2.74. The number of hydrogen-bond donors (Lipinski definition) is 3. The van der Waals surface area contributed by atoms with Gasteiger partial charge in [0.1, 0.15) is 0 Å². The lowest BCUT2D eigenvalue weighted by molar-refractivity contribution is 0.396. The van der Waals surface area contributed by atoms with E-state index in [4.69, 9.17) is 5.73 Å². The van der Waals surface area contributed by atoms with E-state index in [1.54, 1.807) is 6.07 Å². The fraction of sp³-hybridized carbons (Fsp3) is 0.400. The second-order valence-electron chi connectivity index (χ2n) is 9.03. The first-order valence-corrected chi connectivity index (χ1v) is 10.9. The maximum Gasteiger partial charge on any atom is 0.187 e. The van der Waals surface area contributed by atoms with E-state index in [2.05, 4.69) is 24.1 Å². The Bertz CT molecular complexity index is 1070. The van der Waals surface area contributed by atoms with Gasteiger partial charge in [0.15, 0.2) is 17.4 Å². The van der Waals surface area contributed by atoms with Gasteiger partial charge < -0.3 is 16.2 Å². The van der Waals surface area contributed by atoms with Crippen LogP contribution in [0.25, 0.3) is 22.0 Å². The summed E-state index contributed by atoms with van der Waals surface area (Å²) in [6, 6.07) is 8.51. The molecule has 1 fully saturated rings. The SMILES string of the molecule is CC(C)Cc1cnc2ccc(-c3cc(F)c(O)c(F)c3)cc2c1N[C@H]1CC[C@H](N)CC1. The summed E-state index contributed by atoms with van der Waals surface area (Å²) in [5.74, 6) is -2.44. The third-order valence-corrected chi connectivity index (χ3v) is 6.05. The molecule has 1 aliphatic carbocycles. The summed E-state index contributed by atoms with van der Waals surface area (Å²) >= 11 is 0. The fourth-order valence-electron chi connectivity index (χ4n) is 4.38. The van der Waals surface area contributed by atoms with Crippen molar-refractivity contribution in [2.45, 2.75) is 58.0 Å². The predicted molar refractivity (Wildman–Crippen MR) is 121 cm³/mol. The molecule has 0 radical (unpaired) electrons. The van der Waals surface area contributed by atoms with Crippen molar-refractivity contribution in [3.63, 3.8) is 0 Å². The van der Waals surface area contributed by atoms with Crippen LogP contribution in [0.15, 0.2) is 36.5 Å². The average molecular weight is 426 g/mol. The van der Waals surface area contributed by atoms with Crippen molar-refractivity contribution in [1.82, 2.24) is 4.98 Å². The highest BCUT2D eigenvalue weighted by atomic mass is 19.1. The van der Waals surface area contributed by atoms with Gasteiger partial charge in [-0.25, -0.2) is 8.78 Å². The molecule has 4 N–H and O–H groups in total. The first kappa shape index (κ1) is 21.5. The maximum absolute atomic E-state index is 13.9. The number of benzene rings is 2. The molecule has 0 amide bonds. The molecule has 164 valence electrons. The van der Waals surface area contributed by atoms with Crippen LogP contribution in [-0.2, 0) is 6.42 Å². The van der Waals surface area contributed by atoms with Crippen LogP contribution in [0.3, 0.4) is 0 Å². The molecule has 0 unspecified atom stereocenters. The fourth-order valence-corrected chi connectivity index (χ4v) is 4.38. The topological polar surface area (TPSA) is 71.2 Å². The molecule has 1 saturated carbocycles. The minimum absolute atomic E-state index is 0.272. The number of aromatic nitrogens is 1. The van der Waals surface area contributed by atoms with Crippen LogP contribution in [-0.4, -0.2) is 22.2 Å². The molecule has 0 aliphatic heterocycles. The molecule has 0 spiro atoms. The van der Waals surface area contributed by atoms with E-state index in [0.717, 1.165) is 66.4 Å². The third-order valence-electron chi connectivity index (χ3n) is 6.05. The number of aromatic hydroxyl groups is 1. The van der Waals surface area contributed by atoms with Crippen molar-refractivity contribution in [2.75, 3.05) is 5.32 Å². The number of anilines is 1. The van der Waals surface area contributed by atoms with Gasteiger partial charge in [0.2, 0.25) is 0 Å². The van der Waals surface area contributed by atoms with Crippen LogP contribution in [0.1, 0.15) is 45.1 Å². The zero-order valence-electron chi connectivity index (χ0n) is 18.0. The van der Waals surface area contributed by atoms with Crippen LogP contribution in [0.4, 0.5) is 14.5 Å². The van der Waals surface area contributed by atoms with Crippen LogP contribution in [0, 0.1) is 17.6 Å². The second kappa shape index (κ2) is 8.79. The van der Waals surface area contributed by atoms with Gasteiger partial charge in [0, 0.05) is 29.4 Å². The molecule has 1 aliphatic rings. The van der Waals surface area contributed by atoms with Crippen molar-refractivity contribution in [2.24, 2.45) is 11.7 Å². The van der Waals surface area contributed by atoms with E-state index in [9.17, 15) is 13.9 Å². The zero-order chi connectivity index (χ0) is 22.1. The van der Waals surface area contributed by atoms with E-state index >= 15 is 0 Å². The quantitative estimate of drug-likeness (QED) is 0.486. The Morgan fingerprint density at radius 3 is 2.39 bits per heavy atom. The van der Waals surface area contributed by atoms with Gasteiger partial charge in [-0.05, 0) is 79.0 Å². The van der Waals surface area contributed by atoms with Crippen molar-refractivity contribution in [3.05, 3.63) is 53.7 Å². The Morgan fingerprint density at radius 2 is 1.74 bits per heavy atom. The summed E-state index contributed by atoms with van der Waals surface area (Å²) in [6.45, 7) is 4.35. The van der Waals surface area contributed by atoms with Gasteiger partial charge in [-0.2, -0.15) is 0 Å². The number of halogens is 2. The Morgan fingerprint density at radius 1 is 1.06 bits per heavy atom. The summed E-state index contributed by atoms with van der Waals surface area (Å²) in [7, 11) is 0. The molecule has 31 heavy (non-hydrogen) atoms. The number of nitrogens with one attached hydrogen (secondary N) is 1. The number of fused-ring (bicyclic) bond motifs is 1. The van der Waals surface area contributed by atoms with Crippen molar-refractivity contribution in [3.8, 4) is 16.9 Å². The van der Waals surface area contributed by atoms with E-state index in [-0.39, 0.29) is 6.04 Å². The molecule has 4 nitrogen and oxygen atoms in total. The molecule has 3 aromatic rings. The molecule has 1 aromatic heterocycles. The molecule has 1 heterocycles. The molecule has 0 saturated heterocycles. The number of hydrogen-bond acceptors (Lipinski definition) is 4. The Hall–Kier alpha value is -2.73. The minimum Gasteiger partial charge on any atom is -0.503 e. The lowest BCUT2D eigenvalue weighted by atomic mass is 9.90. The van der Waals surface area contributed by atoms with Crippen LogP contribution < -0.4 is 11.1 Å². The Labute approximate surface area is 181 Å². The van der Waals surface area contributed by atoms with Crippen molar-refractivity contribution < 1.29 is 13.9 Å². The highest BCUT2D eigenvalue weighted by Crippen LogP contribution is 2.35. The Balaban J connectivity index is 1.80. The smallest absolute Gasteiger partial charge is 0.187 e. The second-order valence-corrected chi connectivity index (χ2v) is 9.03. The lowest BCUT2D eigenvalue weighted by Crippen LogP contribution is -2.33. The number of phenols is 1. The predicted octanol–water partition coefficient (Wildman–Crippen LogP) is 5.77. The molecule has 0 atom stereocenters. The van der Waals surface area contributed by atoms with Crippen molar-refractivity contribution in [1.29, 1.82) is 0 Å². The number of pyridine rings is 1. The largest absolute Gasteiger partial charge is 0.503 e. The summed E-state index contributed by atoms with van der Waals surface area (Å²) in [5.41, 5.74) is 10.1. The van der Waals surface area contributed by atoms with Gasteiger partial charge in [0.25, 0.3) is 0 Å². The molecule has 4 rings (SSSR count). The molecular formula is C25H29F2N3O. The van der Waals surface area contributed by atoms with E-state index in [1.165, 1.54) is 0 Å². The number of rotatable bonds is 5. The number of nitrogens with zero attached hydrogens (tertiary/aromatic N) is 1. The normalized spacial score (nSPS) is 19.2. The molecule has 0 bridgehead atoms. The van der Waals surface area contributed by atoms with Gasteiger partial charge in [-0.1, -0.05) is 19.9 Å². The maximum atomic E-state index is 13.9. The van der Waals surface area contributed by atoms with Crippen LogP contribution >= 0.6 is 0 Å². The van der Waals surface area contributed by atoms with E-state index in [0.29, 0.717) is 23.1 Å². The summed E-state index contributed by atoms with van der Waals surface area (Å²) in [6.07, 6.45) is 6.83. The minimum atomic E-state index is -0.973. The highest BCUT2D eigenvalue weighted by molar-refractivity contribution is 5.96. The number of phenolic OH excluding ortho intramolecular Hbond substituents is 1. The summed E-state index contributed by atoms with van der Waals surface area (Å²) < 4.78 is 27.9.